The molecular weight excluding hydrogens is 437 g/mol. The fraction of sp³-hybridized carbons (Fsp3) is 0. The third kappa shape index (κ3) is 4.96. The number of halogens is 1. The van der Waals surface area contributed by atoms with Crippen LogP contribution in [0.3, 0.4) is 0 Å². The maximum absolute atomic E-state index is 13.0. The monoisotopic (exact) mass is 453 g/mol. The van der Waals surface area contributed by atoms with Gasteiger partial charge in [0.1, 0.15) is 10.8 Å². The molecule has 1 amide bonds. The second-order valence-corrected chi connectivity index (χ2v) is 9.08. The standard InChI is InChI=1S/C22H16FN3O3S2/c23-17-5-11-20(12-6-17)31(28,29)26-19-9-1-15(2-10-19)21(27)25-18-7-3-16(4-8-18)22-24-13-14-30-22/h1-14,26H,(H,25,27). The molecule has 0 aliphatic heterocycles. The third-order valence-corrected chi connectivity index (χ3v) is 6.56. The molecule has 1 heterocycles. The maximum Gasteiger partial charge on any atom is 0.261 e. The van der Waals surface area contributed by atoms with E-state index in [2.05, 4.69) is 15.0 Å². The first-order chi connectivity index (χ1) is 14.9. The number of aromatic nitrogens is 1. The molecule has 156 valence electrons. The van der Waals surface area contributed by atoms with E-state index in [0.29, 0.717) is 11.3 Å². The Morgan fingerprint density at radius 2 is 1.52 bits per heavy atom. The van der Waals surface area contributed by atoms with Gasteiger partial charge in [0.2, 0.25) is 0 Å². The summed E-state index contributed by atoms with van der Waals surface area (Å²) in [6, 6.07) is 17.9. The van der Waals surface area contributed by atoms with Gasteiger partial charge in [-0.15, -0.1) is 11.3 Å². The van der Waals surface area contributed by atoms with Crippen molar-refractivity contribution in [3.8, 4) is 10.6 Å². The Kier molecular flexibility index (Phi) is 5.79. The van der Waals surface area contributed by atoms with Gasteiger partial charge in [-0.1, -0.05) is 0 Å². The van der Waals surface area contributed by atoms with Gasteiger partial charge in [0.15, 0.2) is 0 Å². The van der Waals surface area contributed by atoms with E-state index in [1.165, 1.54) is 47.7 Å². The van der Waals surface area contributed by atoms with E-state index in [1.807, 2.05) is 17.5 Å². The van der Waals surface area contributed by atoms with Crippen LogP contribution in [0.15, 0.2) is 89.3 Å². The molecule has 4 rings (SSSR count). The summed E-state index contributed by atoms with van der Waals surface area (Å²) in [7, 11) is -3.86. The Labute approximate surface area is 182 Å². The largest absolute Gasteiger partial charge is 0.322 e. The van der Waals surface area contributed by atoms with Gasteiger partial charge < -0.3 is 5.32 Å². The number of hydrogen-bond donors (Lipinski definition) is 2. The van der Waals surface area contributed by atoms with Crippen LogP contribution in [0.1, 0.15) is 10.4 Å². The van der Waals surface area contributed by atoms with Crippen LogP contribution >= 0.6 is 11.3 Å². The summed E-state index contributed by atoms with van der Waals surface area (Å²) in [5.74, 6) is -0.845. The van der Waals surface area contributed by atoms with Crippen molar-refractivity contribution in [1.29, 1.82) is 0 Å². The van der Waals surface area contributed by atoms with Crippen molar-refractivity contribution in [2.24, 2.45) is 0 Å². The van der Waals surface area contributed by atoms with Crippen LogP contribution in [0.5, 0.6) is 0 Å². The van der Waals surface area contributed by atoms with Crippen molar-refractivity contribution in [3.05, 3.63) is 95.8 Å². The third-order valence-electron chi connectivity index (χ3n) is 4.35. The summed E-state index contributed by atoms with van der Waals surface area (Å²) in [6.45, 7) is 0. The minimum absolute atomic E-state index is 0.0584. The number of carbonyl (C=O) groups is 1. The number of hydrogen-bond acceptors (Lipinski definition) is 5. The van der Waals surface area contributed by atoms with E-state index in [9.17, 15) is 17.6 Å². The van der Waals surface area contributed by atoms with E-state index < -0.39 is 15.8 Å². The molecule has 1 aromatic heterocycles. The summed E-state index contributed by atoms with van der Waals surface area (Å²) < 4.78 is 40.1. The van der Waals surface area contributed by atoms with E-state index in [4.69, 9.17) is 0 Å². The van der Waals surface area contributed by atoms with Gasteiger partial charge in [-0.2, -0.15) is 0 Å². The first-order valence-electron chi connectivity index (χ1n) is 9.10. The van der Waals surface area contributed by atoms with Gasteiger partial charge in [0.25, 0.3) is 15.9 Å². The van der Waals surface area contributed by atoms with Gasteiger partial charge >= 0.3 is 0 Å². The summed E-state index contributed by atoms with van der Waals surface area (Å²) in [6.07, 6.45) is 1.74. The Balaban J connectivity index is 1.41. The molecule has 4 aromatic rings. The molecule has 0 spiro atoms. The normalized spacial score (nSPS) is 11.1. The Morgan fingerprint density at radius 1 is 0.871 bits per heavy atom. The van der Waals surface area contributed by atoms with Crippen LogP contribution in [0.4, 0.5) is 15.8 Å². The lowest BCUT2D eigenvalue weighted by Crippen LogP contribution is -2.14. The van der Waals surface area contributed by atoms with Crippen LogP contribution in [0.25, 0.3) is 10.6 Å². The molecule has 0 fully saturated rings. The molecule has 0 atom stereocenters. The van der Waals surface area contributed by atoms with Crippen molar-refractivity contribution >= 4 is 38.6 Å². The average Bonchev–Trinajstić information content (AvgIpc) is 3.30. The van der Waals surface area contributed by atoms with Crippen LogP contribution < -0.4 is 10.0 Å². The van der Waals surface area contributed by atoms with Crippen molar-refractivity contribution in [1.82, 2.24) is 4.98 Å². The van der Waals surface area contributed by atoms with Crippen LogP contribution in [-0.2, 0) is 10.0 Å². The van der Waals surface area contributed by atoms with Crippen LogP contribution in [-0.4, -0.2) is 19.3 Å². The molecule has 0 aliphatic carbocycles. The number of thiazole rings is 1. The van der Waals surface area contributed by atoms with Gasteiger partial charge in [-0.25, -0.2) is 17.8 Å². The molecule has 9 heteroatoms. The highest BCUT2D eigenvalue weighted by Gasteiger charge is 2.15. The molecular formula is C22H16FN3O3S2. The molecule has 2 N–H and O–H groups in total. The predicted molar refractivity (Wildman–Crippen MR) is 119 cm³/mol. The first kappa shape index (κ1) is 20.7. The van der Waals surface area contributed by atoms with Gasteiger partial charge in [-0.05, 0) is 72.8 Å². The number of rotatable bonds is 6. The van der Waals surface area contributed by atoms with Crippen molar-refractivity contribution < 1.29 is 17.6 Å². The Hall–Kier alpha value is -3.56. The van der Waals surface area contributed by atoms with Crippen molar-refractivity contribution in [3.63, 3.8) is 0 Å². The zero-order chi connectivity index (χ0) is 21.8. The second-order valence-electron chi connectivity index (χ2n) is 6.51. The lowest BCUT2D eigenvalue weighted by atomic mass is 10.1. The first-order valence-corrected chi connectivity index (χ1v) is 11.5. The quantitative estimate of drug-likeness (QED) is 0.430. The lowest BCUT2D eigenvalue weighted by molar-refractivity contribution is 0.102. The van der Waals surface area contributed by atoms with Gasteiger partial charge in [0, 0.05) is 34.1 Å². The molecule has 0 saturated carbocycles. The number of carbonyl (C=O) groups excluding carboxylic acids is 1. The maximum atomic E-state index is 13.0. The average molecular weight is 454 g/mol. The summed E-state index contributed by atoms with van der Waals surface area (Å²) >= 11 is 1.53. The highest BCUT2D eigenvalue weighted by atomic mass is 32.2. The molecule has 0 saturated heterocycles. The van der Waals surface area contributed by atoms with E-state index in [0.717, 1.165) is 22.7 Å². The zero-order valence-electron chi connectivity index (χ0n) is 15.9. The summed E-state index contributed by atoms with van der Waals surface area (Å²) in [5, 5.41) is 5.60. The Bertz CT molecular complexity index is 1290. The highest BCUT2D eigenvalue weighted by Crippen LogP contribution is 2.23. The predicted octanol–water partition coefficient (Wildman–Crippen LogP) is 5.00. The Morgan fingerprint density at radius 3 is 2.13 bits per heavy atom. The van der Waals surface area contributed by atoms with E-state index in [1.54, 1.807) is 18.3 Å². The molecule has 31 heavy (non-hydrogen) atoms. The molecule has 3 aromatic carbocycles. The molecule has 6 nitrogen and oxygen atoms in total. The summed E-state index contributed by atoms with van der Waals surface area (Å²) in [4.78, 5) is 16.7. The lowest BCUT2D eigenvalue weighted by Gasteiger charge is -2.09. The number of anilines is 2. The minimum Gasteiger partial charge on any atom is -0.322 e. The number of sulfonamides is 1. The molecule has 0 unspecified atom stereocenters. The van der Waals surface area contributed by atoms with Crippen LogP contribution in [0, 0.1) is 5.82 Å². The molecule has 0 aliphatic rings. The molecule has 0 radical (unpaired) electrons. The van der Waals surface area contributed by atoms with Gasteiger partial charge in [-0.3, -0.25) is 9.52 Å². The van der Waals surface area contributed by atoms with Gasteiger partial charge in [0.05, 0.1) is 4.90 Å². The number of nitrogens with one attached hydrogen (secondary N) is 2. The summed E-state index contributed by atoms with van der Waals surface area (Å²) in [5.41, 5.74) is 2.25. The molecule has 0 bridgehead atoms. The smallest absolute Gasteiger partial charge is 0.261 e. The van der Waals surface area contributed by atoms with E-state index >= 15 is 0 Å². The van der Waals surface area contributed by atoms with E-state index in [-0.39, 0.29) is 16.5 Å². The van der Waals surface area contributed by atoms with Crippen LogP contribution in [0.2, 0.25) is 0 Å². The zero-order valence-corrected chi connectivity index (χ0v) is 17.6. The topological polar surface area (TPSA) is 88.2 Å². The highest BCUT2D eigenvalue weighted by molar-refractivity contribution is 7.92. The number of benzene rings is 3. The number of amides is 1. The fourth-order valence-corrected chi connectivity index (χ4v) is 4.49. The minimum atomic E-state index is -3.86. The second kappa shape index (κ2) is 8.66. The fourth-order valence-electron chi connectivity index (χ4n) is 2.78. The van der Waals surface area contributed by atoms with Crippen molar-refractivity contribution in [2.75, 3.05) is 10.0 Å². The SMILES string of the molecule is O=C(Nc1ccc(-c2nccs2)cc1)c1ccc(NS(=O)(=O)c2ccc(F)cc2)cc1. The number of nitrogens with zero attached hydrogens (tertiary/aromatic N) is 1. The van der Waals surface area contributed by atoms with Crippen molar-refractivity contribution in [2.45, 2.75) is 4.90 Å².